The maximum atomic E-state index is 13.8. The van der Waals surface area contributed by atoms with Crippen molar-refractivity contribution >= 4 is 17.4 Å². The number of amides is 1. The Balaban J connectivity index is 1.68. The minimum atomic E-state index is -4.53. The Hall–Kier alpha value is -3.52. The summed E-state index contributed by atoms with van der Waals surface area (Å²) in [5.41, 5.74) is 0.823. The zero-order valence-electron chi connectivity index (χ0n) is 21.9. The van der Waals surface area contributed by atoms with Gasteiger partial charge in [-0.2, -0.15) is 13.2 Å². The van der Waals surface area contributed by atoms with Crippen LogP contribution in [0.5, 0.6) is 0 Å². The third-order valence-corrected chi connectivity index (χ3v) is 7.11. The first-order chi connectivity index (χ1) is 18.0. The van der Waals surface area contributed by atoms with Gasteiger partial charge in [-0.05, 0) is 58.8 Å². The van der Waals surface area contributed by atoms with Gasteiger partial charge in [0.25, 0.3) is 0 Å². The maximum absolute atomic E-state index is 13.8. The maximum Gasteiger partial charge on any atom is 0.416 e. The smallest absolute Gasteiger partial charge is 0.310 e. The fraction of sp³-hybridized carbons (Fsp3) is 0.367. The van der Waals surface area contributed by atoms with E-state index in [4.69, 9.17) is 4.99 Å². The van der Waals surface area contributed by atoms with Gasteiger partial charge in [-0.3, -0.25) is 14.7 Å². The van der Waals surface area contributed by atoms with Gasteiger partial charge in [0.1, 0.15) is 5.82 Å². The number of carbonyl (C=O) groups excluding carboxylic acids is 1. The van der Waals surface area contributed by atoms with Crippen molar-refractivity contribution in [2.75, 3.05) is 25.0 Å². The Morgan fingerprint density at radius 3 is 2.00 bits per heavy atom. The fourth-order valence-corrected chi connectivity index (χ4v) is 4.76. The number of piperidine rings is 1. The van der Waals surface area contributed by atoms with Crippen molar-refractivity contribution in [1.82, 2.24) is 9.88 Å². The molecule has 8 heteroatoms. The third-order valence-electron chi connectivity index (χ3n) is 7.11. The third kappa shape index (κ3) is 6.48. The highest BCUT2D eigenvalue weighted by molar-refractivity contribution is 6.13. The average Bonchev–Trinajstić information content (AvgIpc) is 2.89. The van der Waals surface area contributed by atoms with Crippen LogP contribution in [0.3, 0.4) is 0 Å². The standard InChI is InChI=1S/C30H33F3N4O/c1-28(2,3)37-18-15-29(16-19-37,27(38)36-25-20-24(14-17-34-25)30(31,32)33)21-35-26(22-10-6-4-7-11-22)23-12-8-5-9-13-23/h4-14,17,20H,15-16,18-19,21H2,1-3H3,(H,34,36,38). The minimum absolute atomic E-state index is 0.0618. The predicted octanol–water partition coefficient (Wildman–Crippen LogP) is 6.46. The van der Waals surface area contributed by atoms with Crippen molar-refractivity contribution in [1.29, 1.82) is 0 Å². The van der Waals surface area contributed by atoms with Crippen LogP contribution in [0.2, 0.25) is 0 Å². The number of benzene rings is 2. The van der Waals surface area contributed by atoms with Crippen molar-refractivity contribution in [2.45, 2.75) is 45.3 Å². The second kappa shape index (κ2) is 11.1. The molecule has 1 saturated heterocycles. The number of likely N-dealkylation sites (tertiary alicyclic amines) is 1. The van der Waals surface area contributed by atoms with Crippen molar-refractivity contribution in [3.8, 4) is 0 Å². The van der Waals surface area contributed by atoms with Gasteiger partial charge in [0.2, 0.25) is 5.91 Å². The SMILES string of the molecule is CC(C)(C)N1CCC(CN=C(c2ccccc2)c2ccccc2)(C(=O)Nc2cc(C(F)(F)F)ccn2)CC1. The van der Waals surface area contributed by atoms with Gasteiger partial charge in [-0.15, -0.1) is 0 Å². The van der Waals surface area contributed by atoms with Crippen LogP contribution < -0.4 is 5.32 Å². The topological polar surface area (TPSA) is 57.6 Å². The Bertz CT molecular complexity index is 1220. The van der Waals surface area contributed by atoms with Gasteiger partial charge in [0.05, 0.1) is 23.2 Å². The number of carbonyl (C=O) groups is 1. The van der Waals surface area contributed by atoms with E-state index in [1.807, 2.05) is 60.7 Å². The minimum Gasteiger partial charge on any atom is -0.310 e. The molecule has 0 bridgehead atoms. The van der Waals surface area contributed by atoms with Gasteiger partial charge < -0.3 is 5.32 Å². The lowest BCUT2D eigenvalue weighted by molar-refractivity contribution is -0.137. The largest absolute Gasteiger partial charge is 0.416 e. The number of aliphatic imine (C=N–C) groups is 1. The first-order valence-electron chi connectivity index (χ1n) is 12.7. The molecule has 1 aliphatic rings. The molecule has 3 aromatic rings. The van der Waals surface area contributed by atoms with E-state index in [0.717, 1.165) is 35.2 Å². The highest BCUT2D eigenvalue weighted by Crippen LogP contribution is 2.37. The van der Waals surface area contributed by atoms with Gasteiger partial charge in [-0.1, -0.05) is 60.7 Å². The van der Waals surface area contributed by atoms with Crippen LogP contribution in [0.15, 0.2) is 84.0 Å². The van der Waals surface area contributed by atoms with Gasteiger partial charge in [0.15, 0.2) is 0 Å². The van der Waals surface area contributed by atoms with Crippen LogP contribution in [-0.2, 0) is 11.0 Å². The van der Waals surface area contributed by atoms with Crippen LogP contribution in [0.4, 0.5) is 19.0 Å². The molecule has 2 aromatic carbocycles. The van der Waals surface area contributed by atoms with Gasteiger partial charge >= 0.3 is 6.18 Å². The number of halogens is 3. The number of alkyl halides is 3. The summed E-state index contributed by atoms with van der Waals surface area (Å²) in [7, 11) is 0. The fourth-order valence-electron chi connectivity index (χ4n) is 4.76. The summed E-state index contributed by atoms with van der Waals surface area (Å²) in [6, 6.07) is 21.3. The van der Waals surface area contributed by atoms with Crippen LogP contribution in [0.25, 0.3) is 0 Å². The lowest BCUT2D eigenvalue weighted by Crippen LogP contribution is -2.53. The molecular formula is C30H33F3N4O. The second-order valence-corrected chi connectivity index (χ2v) is 10.7. The summed E-state index contributed by atoms with van der Waals surface area (Å²) in [4.78, 5) is 25.1. The molecule has 0 spiro atoms. The van der Waals surface area contributed by atoms with E-state index in [-0.39, 0.29) is 23.8 Å². The molecule has 200 valence electrons. The first-order valence-corrected chi connectivity index (χ1v) is 12.7. The van der Waals surface area contributed by atoms with E-state index in [2.05, 4.69) is 36.0 Å². The lowest BCUT2D eigenvalue weighted by atomic mass is 9.76. The molecule has 4 rings (SSSR count). The monoisotopic (exact) mass is 522 g/mol. The van der Waals surface area contributed by atoms with E-state index >= 15 is 0 Å². The molecular weight excluding hydrogens is 489 g/mol. The molecule has 1 aliphatic heterocycles. The molecule has 0 unspecified atom stereocenters. The van der Waals surface area contributed by atoms with E-state index in [0.29, 0.717) is 25.9 Å². The number of anilines is 1. The predicted molar refractivity (Wildman–Crippen MR) is 144 cm³/mol. The van der Waals surface area contributed by atoms with E-state index in [1.54, 1.807) is 0 Å². The van der Waals surface area contributed by atoms with E-state index < -0.39 is 17.2 Å². The number of nitrogens with one attached hydrogen (secondary N) is 1. The Kier molecular flexibility index (Phi) is 8.02. The molecule has 38 heavy (non-hydrogen) atoms. The number of aromatic nitrogens is 1. The summed E-state index contributed by atoms with van der Waals surface area (Å²) in [5, 5.41) is 2.68. The summed E-state index contributed by atoms with van der Waals surface area (Å²) in [5.74, 6) is -0.472. The van der Waals surface area contributed by atoms with Crippen molar-refractivity contribution < 1.29 is 18.0 Å². The summed E-state index contributed by atoms with van der Waals surface area (Å²) in [6.45, 7) is 7.95. The highest BCUT2D eigenvalue weighted by atomic mass is 19.4. The second-order valence-electron chi connectivity index (χ2n) is 10.7. The van der Waals surface area contributed by atoms with Gasteiger partial charge in [-0.25, -0.2) is 4.98 Å². The average molecular weight is 523 g/mol. The molecule has 0 saturated carbocycles. The molecule has 0 atom stereocenters. The molecule has 2 heterocycles. The van der Waals surface area contributed by atoms with Crippen molar-refractivity contribution in [2.24, 2.45) is 10.4 Å². The van der Waals surface area contributed by atoms with Crippen LogP contribution >= 0.6 is 0 Å². The lowest BCUT2D eigenvalue weighted by Gasteiger charge is -2.45. The molecule has 0 aliphatic carbocycles. The molecule has 1 aromatic heterocycles. The quantitative estimate of drug-likeness (QED) is 0.378. The molecule has 5 nitrogen and oxygen atoms in total. The van der Waals surface area contributed by atoms with Crippen LogP contribution in [-0.4, -0.2) is 46.7 Å². The molecule has 1 fully saturated rings. The van der Waals surface area contributed by atoms with E-state index in [1.165, 1.54) is 0 Å². The Morgan fingerprint density at radius 2 is 1.50 bits per heavy atom. The number of nitrogens with zero attached hydrogens (tertiary/aromatic N) is 3. The Labute approximate surface area is 221 Å². The normalized spacial score (nSPS) is 16.1. The number of hydrogen-bond donors (Lipinski definition) is 1. The zero-order chi connectivity index (χ0) is 27.4. The zero-order valence-corrected chi connectivity index (χ0v) is 21.9. The van der Waals surface area contributed by atoms with Crippen molar-refractivity contribution in [3.05, 3.63) is 95.7 Å². The summed E-state index contributed by atoms with van der Waals surface area (Å²) in [6.07, 6.45) is -2.41. The van der Waals surface area contributed by atoms with Crippen LogP contribution in [0, 0.1) is 5.41 Å². The number of pyridine rings is 1. The first kappa shape index (κ1) is 27.5. The molecule has 0 radical (unpaired) electrons. The summed E-state index contributed by atoms with van der Waals surface area (Å²) < 4.78 is 39.8. The van der Waals surface area contributed by atoms with Crippen LogP contribution in [0.1, 0.15) is 50.3 Å². The molecule has 1 amide bonds. The number of hydrogen-bond acceptors (Lipinski definition) is 4. The van der Waals surface area contributed by atoms with E-state index in [9.17, 15) is 18.0 Å². The summed E-state index contributed by atoms with van der Waals surface area (Å²) >= 11 is 0. The van der Waals surface area contributed by atoms with Gasteiger partial charge in [0, 0.05) is 22.9 Å². The Morgan fingerprint density at radius 1 is 0.947 bits per heavy atom. The number of rotatable bonds is 6. The van der Waals surface area contributed by atoms with Crippen molar-refractivity contribution in [3.63, 3.8) is 0 Å². The molecule has 1 N–H and O–H groups in total. The highest BCUT2D eigenvalue weighted by Gasteiger charge is 2.43.